The molecule has 0 spiro atoms. The van der Waals surface area contributed by atoms with Crippen molar-refractivity contribution in [2.24, 2.45) is 0 Å². The summed E-state index contributed by atoms with van der Waals surface area (Å²) >= 11 is 0. The Morgan fingerprint density at radius 2 is 0.489 bits per heavy atom. The normalized spacial score (nSPS) is 11.0. The molecule has 8 heteroatoms. The van der Waals surface area contributed by atoms with Gasteiger partial charge in [-0.1, -0.05) is 297 Å². The van der Waals surface area contributed by atoms with Gasteiger partial charge in [0.2, 0.25) is 0 Å². The highest BCUT2D eigenvalue weighted by molar-refractivity contribution is 6.85. The minimum atomic E-state index is -1.93. The lowest BCUT2D eigenvalue weighted by atomic mass is 10.1. The van der Waals surface area contributed by atoms with Crippen LogP contribution >= 0.6 is 0 Å². The Bertz CT molecular complexity index is 2270. The predicted molar refractivity (Wildman–Crippen MR) is 384 cm³/mol. The first-order chi connectivity index (χ1) is 43.0. The molecule has 2 rings (SSSR count). The van der Waals surface area contributed by atoms with Gasteiger partial charge in [-0.15, -0.1) is 11.1 Å². The Kier molecular flexibility index (Phi) is 49.8. The second-order valence-corrected chi connectivity index (χ2v) is 35.6. The zero-order chi connectivity index (χ0) is 63.7. The second kappa shape index (κ2) is 55.2. The van der Waals surface area contributed by atoms with Crippen molar-refractivity contribution >= 4 is 16.1 Å². The number of unbranched alkanes of at least 4 members (excludes halogenated alkanes) is 38. The maximum atomic E-state index is 9.31. The topological polar surface area (TPSA) is 84.5 Å². The van der Waals surface area contributed by atoms with Crippen LogP contribution in [0.4, 0.5) is 0 Å². The van der Waals surface area contributed by atoms with E-state index in [4.69, 9.17) is 18.9 Å². The summed E-state index contributed by atoms with van der Waals surface area (Å²) in [6, 6.07) is 14.8. The molecule has 0 N–H and O–H groups in total. The van der Waals surface area contributed by atoms with Crippen molar-refractivity contribution in [3.63, 3.8) is 0 Å². The fourth-order valence-electron chi connectivity index (χ4n) is 11.1. The van der Waals surface area contributed by atoms with Crippen molar-refractivity contribution in [1.29, 1.82) is 10.5 Å². The number of hydrogen-bond donors (Lipinski definition) is 0. The zero-order valence-corrected chi connectivity index (χ0v) is 60.2. The standard InChI is InChI=1S/C80H128N2O4Si2/c1-9-13-17-21-25-29-33-37-41-49-61-83-77-71-75(57-67-87(5,6)65-53-47-59-81)79(85-63-51-43-39-35-31-27-23-19-15-11-3)69-73(77)55-45-46-56-74-70-80(86-64-52-44-40-36-32-28-24-20-16-12-4)76(58-68-88(7,8)66-54-48-60-82)72-78(74)84-62-50-42-38-34-30-26-22-18-14-10-2/h69-72H,9-44,47-54,61-66H2,1-8H3. The van der Waals surface area contributed by atoms with Crippen molar-refractivity contribution in [3.05, 3.63) is 46.5 Å². The number of nitriles is 2. The van der Waals surface area contributed by atoms with Gasteiger partial charge in [-0.25, -0.2) is 0 Å². The molecule has 0 amide bonds. The van der Waals surface area contributed by atoms with E-state index < -0.39 is 16.1 Å². The van der Waals surface area contributed by atoms with Crippen molar-refractivity contribution in [3.8, 4) is 81.7 Å². The van der Waals surface area contributed by atoms with Crippen LogP contribution in [0.3, 0.4) is 0 Å². The van der Waals surface area contributed by atoms with E-state index in [0.717, 1.165) is 122 Å². The smallest absolute Gasteiger partial charge is 0.136 e. The molecule has 6 nitrogen and oxygen atoms in total. The first kappa shape index (κ1) is 79.4. The molecule has 0 aliphatic carbocycles. The molecular weight excluding hydrogens is 1110 g/mol. The molecule has 0 heterocycles. The zero-order valence-electron chi connectivity index (χ0n) is 58.2. The third-order valence-corrected chi connectivity index (χ3v) is 21.7. The Morgan fingerprint density at radius 3 is 0.705 bits per heavy atom. The Labute approximate surface area is 545 Å². The first-order valence-corrected chi connectivity index (χ1v) is 43.1. The van der Waals surface area contributed by atoms with Gasteiger partial charge in [-0.05, 0) is 74.3 Å². The highest BCUT2D eigenvalue weighted by atomic mass is 28.3. The number of benzene rings is 2. The van der Waals surface area contributed by atoms with Crippen molar-refractivity contribution < 1.29 is 18.9 Å². The third-order valence-electron chi connectivity index (χ3n) is 16.9. The monoisotopic (exact) mass is 1240 g/mol. The van der Waals surface area contributed by atoms with Gasteiger partial charge < -0.3 is 18.9 Å². The Morgan fingerprint density at radius 1 is 0.284 bits per heavy atom. The Balaban J connectivity index is 2.66. The minimum Gasteiger partial charge on any atom is -0.492 e. The lowest BCUT2D eigenvalue weighted by Crippen LogP contribution is -2.22. The van der Waals surface area contributed by atoms with E-state index in [1.54, 1.807) is 0 Å². The fraction of sp³-hybridized carbons (Fsp3) is 0.725. The van der Waals surface area contributed by atoms with Gasteiger partial charge in [-0.3, -0.25) is 0 Å². The number of hydrogen-bond acceptors (Lipinski definition) is 6. The molecule has 0 aliphatic rings. The van der Waals surface area contributed by atoms with Crippen LogP contribution < -0.4 is 18.9 Å². The molecule has 0 unspecified atom stereocenters. The van der Waals surface area contributed by atoms with Crippen LogP contribution in [0.2, 0.25) is 38.3 Å². The summed E-state index contributed by atoms with van der Waals surface area (Å²) in [5.74, 6) is 23.5. The highest BCUT2D eigenvalue weighted by Gasteiger charge is 2.20. The van der Waals surface area contributed by atoms with E-state index in [1.807, 2.05) is 12.1 Å². The fourth-order valence-corrected chi connectivity index (χ4v) is 14.4. The molecule has 2 aromatic carbocycles. The maximum Gasteiger partial charge on any atom is 0.136 e. The van der Waals surface area contributed by atoms with Gasteiger partial charge in [-0.2, -0.15) is 10.5 Å². The third kappa shape index (κ3) is 43.1. The molecule has 0 aromatic heterocycles. The summed E-state index contributed by atoms with van der Waals surface area (Å²) in [6.45, 7) is 20.8. The number of rotatable bonds is 54. The van der Waals surface area contributed by atoms with Crippen molar-refractivity contribution in [2.45, 2.75) is 348 Å². The van der Waals surface area contributed by atoms with E-state index in [0.29, 0.717) is 39.3 Å². The molecule has 2 aromatic rings. The van der Waals surface area contributed by atoms with Crippen LogP contribution in [0.1, 0.15) is 332 Å². The van der Waals surface area contributed by atoms with E-state index >= 15 is 0 Å². The average Bonchev–Trinajstić information content (AvgIpc) is 2.54. The lowest BCUT2D eigenvalue weighted by molar-refractivity contribution is 0.295. The number of ether oxygens (including phenoxy) is 4. The molecule has 88 heavy (non-hydrogen) atoms. The molecule has 0 bridgehead atoms. The van der Waals surface area contributed by atoms with Gasteiger partial charge >= 0.3 is 0 Å². The summed E-state index contributed by atoms with van der Waals surface area (Å²) in [5.41, 5.74) is 10.6. The Hall–Kier alpha value is -4.71. The van der Waals surface area contributed by atoms with Crippen LogP contribution in [-0.2, 0) is 0 Å². The SMILES string of the molecule is CCCCCCCCCCCCOc1cc(C#C[Si](C)(C)CCCC#N)c(OCCCCCCCCCCCC)cc1C#CC#Cc1cc(OCCCCCCCCCCCC)c(C#C[Si](C)(C)CCCC#N)cc1OCCCCCCCCCCCC. The average molecular weight is 1240 g/mol. The summed E-state index contributed by atoms with van der Waals surface area (Å²) in [5, 5.41) is 18.6. The highest BCUT2D eigenvalue weighted by Crippen LogP contribution is 2.32. The minimum absolute atomic E-state index is 0.562. The van der Waals surface area contributed by atoms with E-state index in [1.165, 1.54) is 205 Å². The summed E-state index contributed by atoms with van der Waals surface area (Å²) in [6.07, 6.45) is 53.4. The van der Waals surface area contributed by atoms with Gasteiger partial charge in [0, 0.05) is 37.1 Å². The largest absolute Gasteiger partial charge is 0.492 e. The molecule has 0 saturated carbocycles. The molecule has 0 aliphatic heterocycles. The molecule has 0 atom stereocenters. The molecule has 0 radical (unpaired) electrons. The summed E-state index contributed by atoms with van der Waals surface area (Å²) in [4.78, 5) is 0. The van der Waals surface area contributed by atoms with Crippen molar-refractivity contribution in [2.75, 3.05) is 26.4 Å². The van der Waals surface area contributed by atoms with E-state index in [2.05, 4.69) is 125 Å². The van der Waals surface area contributed by atoms with Gasteiger partial charge in [0.25, 0.3) is 0 Å². The molecule has 0 fully saturated rings. The second-order valence-electron chi connectivity index (χ2n) is 26.6. The van der Waals surface area contributed by atoms with Crippen molar-refractivity contribution in [1.82, 2.24) is 0 Å². The summed E-state index contributed by atoms with van der Waals surface area (Å²) < 4.78 is 26.8. The maximum absolute atomic E-state index is 9.31. The van der Waals surface area contributed by atoms with Crippen LogP contribution in [0.15, 0.2) is 24.3 Å². The summed E-state index contributed by atoms with van der Waals surface area (Å²) in [7, 11) is -3.85. The van der Waals surface area contributed by atoms with Gasteiger partial charge in [0.1, 0.15) is 39.1 Å². The van der Waals surface area contributed by atoms with Gasteiger partial charge in [0.15, 0.2) is 0 Å². The quantitative estimate of drug-likeness (QED) is 0.0373. The molecular formula is C80H128N2O4Si2. The van der Waals surface area contributed by atoms with E-state index in [9.17, 15) is 10.5 Å². The van der Waals surface area contributed by atoms with Crippen LogP contribution in [-0.4, -0.2) is 42.6 Å². The molecule has 490 valence electrons. The number of nitrogens with zero attached hydrogens (tertiary/aromatic N) is 2. The van der Waals surface area contributed by atoms with Crippen LogP contribution in [0, 0.1) is 69.3 Å². The first-order valence-electron chi connectivity index (χ1n) is 36.7. The van der Waals surface area contributed by atoms with Crippen LogP contribution in [0.5, 0.6) is 23.0 Å². The predicted octanol–water partition coefficient (Wildman–Crippen LogP) is 24.1. The molecule has 0 saturated heterocycles. The van der Waals surface area contributed by atoms with Crippen LogP contribution in [0.25, 0.3) is 0 Å². The lowest BCUT2D eigenvalue weighted by Gasteiger charge is -2.15. The van der Waals surface area contributed by atoms with E-state index in [-0.39, 0.29) is 0 Å². The van der Waals surface area contributed by atoms with Gasteiger partial charge in [0.05, 0.1) is 60.8 Å².